The monoisotopic (exact) mass is 404 g/mol. The SMILES string of the molecule is O=C(C1CCCN1c1nc2ccccc2o1)N1CCN(S(=O)(=O)C2CC2)CC1. The number of nitrogens with zero attached hydrogens (tertiary/aromatic N) is 4. The van der Waals surface area contributed by atoms with Crippen molar-refractivity contribution in [3.05, 3.63) is 24.3 Å². The summed E-state index contributed by atoms with van der Waals surface area (Å²) in [5.41, 5.74) is 1.50. The number of carbonyl (C=O) groups is 1. The highest BCUT2D eigenvalue weighted by Crippen LogP contribution is 2.32. The van der Waals surface area contributed by atoms with Crippen molar-refractivity contribution in [2.75, 3.05) is 37.6 Å². The third kappa shape index (κ3) is 3.06. The van der Waals surface area contributed by atoms with Crippen LogP contribution in [-0.4, -0.2) is 72.5 Å². The molecule has 1 atom stereocenters. The summed E-state index contributed by atoms with van der Waals surface area (Å²) < 4.78 is 32.2. The minimum Gasteiger partial charge on any atom is -0.423 e. The van der Waals surface area contributed by atoms with E-state index in [4.69, 9.17) is 4.42 Å². The first kappa shape index (κ1) is 17.9. The number of piperazine rings is 1. The van der Waals surface area contributed by atoms with Crippen LogP contribution in [0.5, 0.6) is 0 Å². The Bertz CT molecular complexity index is 959. The molecule has 0 bridgehead atoms. The van der Waals surface area contributed by atoms with Crippen LogP contribution in [-0.2, 0) is 14.8 Å². The van der Waals surface area contributed by atoms with Crippen molar-refractivity contribution in [3.63, 3.8) is 0 Å². The van der Waals surface area contributed by atoms with Crippen molar-refractivity contribution in [1.82, 2.24) is 14.2 Å². The van der Waals surface area contributed by atoms with Crippen molar-refractivity contribution in [2.24, 2.45) is 0 Å². The smallest absolute Gasteiger partial charge is 0.299 e. The maximum atomic E-state index is 13.1. The van der Waals surface area contributed by atoms with Gasteiger partial charge < -0.3 is 14.2 Å². The topological polar surface area (TPSA) is 87.0 Å². The highest BCUT2D eigenvalue weighted by molar-refractivity contribution is 7.90. The summed E-state index contributed by atoms with van der Waals surface area (Å²) in [5, 5.41) is -0.195. The Balaban J connectivity index is 1.28. The summed E-state index contributed by atoms with van der Waals surface area (Å²) in [5.74, 6) is 0.0447. The molecule has 1 saturated carbocycles. The first-order valence-electron chi connectivity index (χ1n) is 9.94. The fourth-order valence-corrected chi connectivity index (χ4v) is 6.01. The highest BCUT2D eigenvalue weighted by atomic mass is 32.2. The third-order valence-electron chi connectivity index (χ3n) is 5.92. The zero-order valence-electron chi connectivity index (χ0n) is 15.7. The minimum atomic E-state index is -3.17. The fraction of sp³-hybridized carbons (Fsp3) is 0.579. The zero-order chi connectivity index (χ0) is 19.3. The minimum absolute atomic E-state index is 0.0447. The number of hydrogen-bond donors (Lipinski definition) is 0. The Hall–Kier alpha value is -2.13. The predicted octanol–water partition coefficient (Wildman–Crippen LogP) is 1.43. The summed E-state index contributed by atoms with van der Waals surface area (Å²) in [7, 11) is -3.17. The van der Waals surface area contributed by atoms with Crippen molar-refractivity contribution in [2.45, 2.75) is 37.0 Å². The van der Waals surface area contributed by atoms with Crippen LogP contribution in [0.15, 0.2) is 28.7 Å². The van der Waals surface area contributed by atoms with Gasteiger partial charge in [0.15, 0.2) is 5.58 Å². The molecule has 1 aromatic heterocycles. The van der Waals surface area contributed by atoms with Crippen molar-refractivity contribution >= 4 is 33.0 Å². The van der Waals surface area contributed by atoms with Gasteiger partial charge in [-0.15, -0.1) is 0 Å². The van der Waals surface area contributed by atoms with Gasteiger partial charge in [-0.2, -0.15) is 9.29 Å². The van der Waals surface area contributed by atoms with Crippen LogP contribution in [0.3, 0.4) is 0 Å². The van der Waals surface area contributed by atoms with Crippen molar-refractivity contribution in [3.8, 4) is 0 Å². The van der Waals surface area contributed by atoms with E-state index >= 15 is 0 Å². The maximum Gasteiger partial charge on any atom is 0.299 e. The highest BCUT2D eigenvalue weighted by Gasteiger charge is 2.42. The van der Waals surface area contributed by atoms with Crippen molar-refractivity contribution in [1.29, 1.82) is 0 Å². The average molecular weight is 404 g/mol. The van der Waals surface area contributed by atoms with Crippen LogP contribution < -0.4 is 4.90 Å². The molecule has 150 valence electrons. The normalized spacial score (nSPS) is 24.2. The number of anilines is 1. The van der Waals surface area contributed by atoms with E-state index in [1.54, 1.807) is 9.21 Å². The average Bonchev–Trinajstić information content (AvgIpc) is 3.32. The van der Waals surface area contributed by atoms with Gasteiger partial charge in [0.05, 0.1) is 5.25 Å². The van der Waals surface area contributed by atoms with E-state index in [0.29, 0.717) is 32.2 Å². The van der Waals surface area contributed by atoms with E-state index in [-0.39, 0.29) is 17.2 Å². The summed E-state index contributed by atoms with van der Waals surface area (Å²) in [6.07, 6.45) is 3.20. The summed E-state index contributed by atoms with van der Waals surface area (Å²) in [6.45, 7) is 2.41. The molecular formula is C19H24N4O4S. The molecule has 28 heavy (non-hydrogen) atoms. The van der Waals surface area contributed by atoms with Gasteiger partial charge in [-0.1, -0.05) is 12.1 Å². The van der Waals surface area contributed by atoms with Gasteiger partial charge in [-0.3, -0.25) is 4.79 Å². The van der Waals surface area contributed by atoms with Crippen LogP contribution >= 0.6 is 0 Å². The Morgan fingerprint density at radius 2 is 1.79 bits per heavy atom. The molecule has 2 aliphatic heterocycles. The number of sulfonamides is 1. The number of amides is 1. The maximum absolute atomic E-state index is 13.1. The van der Waals surface area contributed by atoms with E-state index in [9.17, 15) is 13.2 Å². The number of fused-ring (bicyclic) bond motifs is 1. The molecule has 1 amide bonds. The molecule has 0 radical (unpaired) electrons. The molecule has 8 nitrogen and oxygen atoms in total. The molecule has 1 aromatic carbocycles. The molecule has 0 N–H and O–H groups in total. The summed E-state index contributed by atoms with van der Waals surface area (Å²) >= 11 is 0. The standard InChI is InChI=1S/C19H24N4O4S/c24-18(21-10-12-22(13-11-21)28(25,26)14-7-8-14)16-5-3-9-23(16)19-20-15-4-1-2-6-17(15)27-19/h1-2,4,6,14,16H,3,5,7-13H2. The predicted molar refractivity (Wildman–Crippen MR) is 104 cm³/mol. The Labute approximate surface area is 164 Å². The molecular weight excluding hydrogens is 380 g/mol. The van der Waals surface area contributed by atoms with Crippen LogP contribution in [0.4, 0.5) is 6.01 Å². The largest absolute Gasteiger partial charge is 0.423 e. The number of hydrogen-bond acceptors (Lipinski definition) is 6. The molecule has 5 rings (SSSR count). The molecule has 1 aliphatic carbocycles. The van der Waals surface area contributed by atoms with E-state index in [1.165, 1.54) is 0 Å². The van der Waals surface area contributed by atoms with Gasteiger partial charge in [-0.05, 0) is 37.8 Å². The number of carbonyl (C=O) groups excluding carboxylic acids is 1. The van der Waals surface area contributed by atoms with E-state index in [0.717, 1.165) is 43.3 Å². The Kier molecular flexibility index (Phi) is 4.31. The lowest BCUT2D eigenvalue weighted by molar-refractivity contribution is -0.133. The molecule has 3 aliphatic rings. The zero-order valence-corrected chi connectivity index (χ0v) is 16.5. The lowest BCUT2D eigenvalue weighted by Gasteiger charge is -2.36. The fourth-order valence-electron chi connectivity index (χ4n) is 4.19. The van der Waals surface area contributed by atoms with Crippen LogP contribution in [0.25, 0.3) is 11.1 Å². The first-order valence-corrected chi connectivity index (χ1v) is 11.4. The molecule has 2 aromatic rings. The van der Waals surface area contributed by atoms with Crippen LogP contribution in [0, 0.1) is 0 Å². The molecule has 1 unspecified atom stereocenters. The van der Waals surface area contributed by atoms with Gasteiger partial charge in [0.1, 0.15) is 11.6 Å². The van der Waals surface area contributed by atoms with Crippen LogP contribution in [0.1, 0.15) is 25.7 Å². The summed E-state index contributed by atoms with van der Waals surface area (Å²) in [4.78, 5) is 21.4. The Morgan fingerprint density at radius 1 is 1.04 bits per heavy atom. The van der Waals surface area contributed by atoms with Gasteiger partial charge in [-0.25, -0.2) is 8.42 Å². The number of benzene rings is 1. The van der Waals surface area contributed by atoms with E-state index < -0.39 is 10.0 Å². The van der Waals surface area contributed by atoms with Crippen LogP contribution in [0.2, 0.25) is 0 Å². The van der Waals surface area contributed by atoms with Gasteiger partial charge in [0, 0.05) is 32.7 Å². The second-order valence-electron chi connectivity index (χ2n) is 7.78. The Morgan fingerprint density at radius 3 is 2.50 bits per heavy atom. The third-order valence-corrected chi connectivity index (χ3v) is 8.32. The molecule has 0 spiro atoms. The second-order valence-corrected chi connectivity index (χ2v) is 10.00. The van der Waals surface area contributed by atoms with Crippen molar-refractivity contribution < 1.29 is 17.6 Å². The lowest BCUT2D eigenvalue weighted by atomic mass is 10.2. The van der Waals surface area contributed by atoms with Gasteiger partial charge >= 0.3 is 0 Å². The van der Waals surface area contributed by atoms with Gasteiger partial charge in [0.25, 0.3) is 6.01 Å². The molecule has 3 heterocycles. The first-order chi connectivity index (χ1) is 13.5. The number of aromatic nitrogens is 1. The lowest BCUT2D eigenvalue weighted by Crippen LogP contribution is -2.55. The second kappa shape index (κ2) is 6.73. The molecule has 9 heteroatoms. The molecule has 2 saturated heterocycles. The number of oxazole rings is 1. The molecule has 3 fully saturated rings. The summed E-state index contributed by atoms with van der Waals surface area (Å²) in [6, 6.07) is 7.79. The number of para-hydroxylation sites is 2. The quantitative estimate of drug-likeness (QED) is 0.766. The van der Waals surface area contributed by atoms with E-state index in [2.05, 4.69) is 4.98 Å². The number of rotatable bonds is 4. The van der Waals surface area contributed by atoms with E-state index in [1.807, 2.05) is 29.2 Å². The van der Waals surface area contributed by atoms with Gasteiger partial charge in [0.2, 0.25) is 15.9 Å².